The second-order valence-corrected chi connectivity index (χ2v) is 11.5. The van der Waals surface area contributed by atoms with E-state index in [2.05, 4.69) is 15.2 Å². The molecule has 0 amide bonds. The van der Waals surface area contributed by atoms with Crippen LogP contribution in [0.3, 0.4) is 0 Å². The summed E-state index contributed by atoms with van der Waals surface area (Å²) < 4.78 is 64.7. The van der Waals surface area contributed by atoms with Crippen LogP contribution in [0, 0.1) is 11.6 Å². The third-order valence-electron chi connectivity index (χ3n) is 7.17. The molecule has 206 valence electrons. The van der Waals surface area contributed by atoms with Crippen LogP contribution in [0.4, 0.5) is 8.78 Å². The Bertz CT molecular complexity index is 1610. The molecule has 1 saturated heterocycles. The highest BCUT2D eigenvalue weighted by Gasteiger charge is 2.24. The second kappa shape index (κ2) is 10.8. The normalized spacial score (nSPS) is 15.4. The number of rotatable bonds is 7. The zero-order valence-electron chi connectivity index (χ0n) is 21.5. The average Bonchev–Trinajstić information content (AvgIpc) is 3.65. The van der Waals surface area contributed by atoms with Crippen LogP contribution in [-0.2, 0) is 16.4 Å². The van der Waals surface area contributed by atoms with Gasteiger partial charge in [-0.1, -0.05) is 35.1 Å². The highest BCUT2D eigenvalue weighted by molar-refractivity contribution is 7.89. The Morgan fingerprint density at radius 1 is 0.850 bits per heavy atom. The molecule has 3 heterocycles. The first kappa shape index (κ1) is 26.1. The molecule has 0 saturated carbocycles. The van der Waals surface area contributed by atoms with Crippen LogP contribution in [0.5, 0.6) is 11.5 Å². The minimum atomic E-state index is -3.92. The summed E-state index contributed by atoms with van der Waals surface area (Å²) in [5.74, 6) is 0.271. The Morgan fingerprint density at radius 2 is 1.48 bits per heavy atom. The van der Waals surface area contributed by atoms with Gasteiger partial charge in [0.15, 0.2) is 11.5 Å². The summed E-state index contributed by atoms with van der Waals surface area (Å²) in [5.41, 5.74) is 4.61. The van der Waals surface area contributed by atoms with Crippen LogP contribution in [-0.4, -0.2) is 54.1 Å². The van der Waals surface area contributed by atoms with E-state index in [-0.39, 0.29) is 23.3 Å². The van der Waals surface area contributed by atoms with E-state index in [9.17, 15) is 17.2 Å². The summed E-state index contributed by atoms with van der Waals surface area (Å²) >= 11 is 0. The Labute approximate surface area is 230 Å². The third-order valence-corrected chi connectivity index (χ3v) is 8.69. The molecule has 2 aliphatic heterocycles. The summed E-state index contributed by atoms with van der Waals surface area (Å²) in [5, 5.41) is 7.95. The first-order valence-corrected chi connectivity index (χ1v) is 14.3. The van der Waals surface area contributed by atoms with Crippen LogP contribution in [0.1, 0.15) is 29.7 Å². The van der Waals surface area contributed by atoms with Gasteiger partial charge in [0.2, 0.25) is 6.79 Å². The van der Waals surface area contributed by atoms with Crippen molar-refractivity contribution in [3.8, 4) is 11.5 Å². The van der Waals surface area contributed by atoms with Gasteiger partial charge in [0, 0.05) is 32.1 Å². The Morgan fingerprint density at radius 3 is 2.12 bits per heavy atom. The molecule has 3 aromatic carbocycles. The van der Waals surface area contributed by atoms with Gasteiger partial charge in [-0.3, -0.25) is 0 Å². The standard InChI is InChI=1S/C29H26F2N4O4S/c30-23-5-1-20(2-6-23)29(21-3-7-24(31)8-4-21)22-11-14-34(15-12-22)16-13-25-18-35(33-32-25)40(36,37)26-9-10-27-28(17-26)39-19-38-27/h1-10,17-18H,11-16,19H2. The van der Waals surface area contributed by atoms with Crippen molar-refractivity contribution in [3.05, 3.63) is 107 Å². The molecule has 8 nitrogen and oxygen atoms in total. The molecule has 0 N–H and O–H groups in total. The van der Waals surface area contributed by atoms with Gasteiger partial charge in [-0.25, -0.2) is 8.78 Å². The fourth-order valence-corrected chi connectivity index (χ4v) is 6.14. The number of hydrogen-bond donors (Lipinski definition) is 0. The molecule has 4 aromatic rings. The predicted molar refractivity (Wildman–Crippen MR) is 143 cm³/mol. The van der Waals surface area contributed by atoms with Gasteiger partial charge >= 0.3 is 0 Å². The van der Waals surface area contributed by atoms with Gasteiger partial charge in [0.05, 0.1) is 16.8 Å². The molecule has 0 radical (unpaired) electrons. The first-order chi connectivity index (χ1) is 19.4. The summed E-state index contributed by atoms with van der Waals surface area (Å²) in [4.78, 5) is 2.34. The lowest BCUT2D eigenvalue weighted by Gasteiger charge is -2.30. The van der Waals surface area contributed by atoms with Gasteiger partial charge in [-0.2, -0.15) is 8.42 Å². The summed E-state index contributed by atoms with van der Waals surface area (Å²) in [6.45, 7) is 2.34. The number of hydrogen-bond acceptors (Lipinski definition) is 7. The monoisotopic (exact) mass is 564 g/mol. The van der Waals surface area contributed by atoms with E-state index < -0.39 is 10.0 Å². The molecule has 0 spiro atoms. The van der Waals surface area contributed by atoms with E-state index in [1.807, 2.05) is 0 Å². The SMILES string of the molecule is O=S(=O)(c1ccc2c(c1)OCO2)n1cc(CCN2CCC(=C(c3ccc(F)cc3)c3ccc(F)cc3)CC2)nn1. The Hall–Kier alpha value is -4.09. The minimum Gasteiger partial charge on any atom is -0.454 e. The fourth-order valence-electron chi connectivity index (χ4n) is 5.04. The van der Waals surface area contributed by atoms with E-state index in [0.717, 1.165) is 46.7 Å². The third kappa shape index (κ3) is 5.34. The second-order valence-electron chi connectivity index (χ2n) is 9.69. The topological polar surface area (TPSA) is 86.6 Å². The maximum absolute atomic E-state index is 13.6. The lowest BCUT2D eigenvalue weighted by Crippen LogP contribution is -2.33. The van der Waals surface area contributed by atoms with Gasteiger partial charge < -0.3 is 14.4 Å². The maximum atomic E-state index is 13.6. The number of halogens is 2. The van der Waals surface area contributed by atoms with E-state index in [1.165, 1.54) is 48.2 Å². The van der Waals surface area contributed by atoms with Gasteiger partial charge in [0.1, 0.15) is 11.6 Å². The van der Waals surface area contributed by atoms with Crippen molar-refractivity contribution < 1.29 is 26.7 Å². The smallest absolute Gasteiger partial charge is 0.284 e. The van der Waals surface area contributed by atoms with Crippen molar-refractivity contribution in [2.24, 2.45) is 0 Å². The van der Waals surface area contributed by atoms with Crippen molar-refractivity contribution in [1.29, 1.82) is 0 Å². The highest BCUT2D eigenvalue weighted by Crippen LogP contribution is 2.35. The van der Waals surface area contributed by atoms with Crippen molar-refractivity contribution in [2.45, 2.75) is 24.2 Å². The molecule has 0 bridgehead atoms. The van der Waals surface area contributed by atoms with Crippen LogP contribution in [0.15, 0.2) is 83.4 Å². The highest BCUT2D eigenvalue weighted by atomic mass is 32.2. The van der Waals surface area contributed by atoms with E-state index in [4.69, 9.17) is 9.47 Å². The predicted octanol–water partition coefficient (Wildman–Crippen LogP) is 4.66. The number of piperidine rings is 1. The maximum Gasteiger partial charge on any atom is 0.284 e. The van der Waals surface area contributed by atoms with E-state index >= 15 is 0 Å². The lowest BCUT2D eigenvalue weighted by molar-refractivity contribution is 0.174. The first-order valence-electron chi connectivity index (χ1n) is 12.9. The molecule has 1 aromatic heterocycles. The van der Waals surface area contributed by atoms with Crippen LogP contribution < -0.4 is 9.47 Å². The lowest BCUT2D eigenvalue weighted by atomic mass is 9.88. The molecule has 0 unspecified atom stereocenters. The van der Waals surface area contributed by atoms with Crippen LogP contribution >= 0.6 is 0 Å². The largest absolute Gasteiger partial charge is 0.454 e. The molecule has 2 aliphatic rings. The number of aromatic nitrogens is 3. The quantitative estimate of drug-likeness (QED) is 0.323. The number of fused-ring (bicyclic) bond motifs is 1. The summed E-state index contributed by atoms with van der Waals surface area (Å²) in [6.07, 6.45) is 3.58. The van der Waals surface area contributed by atoms with Crippen molar-refractivity contribution in [2.75, 3.05) is 26.4 Å². The fraction of sp³-hybridized carbons (Fsp3) is 0.241. The zero-order chi connectivity index (χ0) is 27.7. The Balaban J connectivity index is 1.12. The molecule has 0 atom stereocenters. The zero-order valence-corrected chi connectivity index (χ0v) is 22.3. The molecule has 6 rings (SSSR count). The molecular formula is C29H26F2N4O4S. The molecule has 0 aliphatic carbocycles. The number of likely N-dealkylation sites (tertiary alicyclic amines) is 1. The minimum absolute atomic E-state index is 0.0432. The molecule has 11 heteroatoms. The van der Waals surface area contributed by atoms with Crippen molar-refractivity contribution in [1.82, 2.24) is 19.3 Å². The van der Waals surface area contributed by atoms with E-state index in [1.54, 1.807) is 30.3 Å². The molecule has 40 heavy (non-hydrogen) atoms. The summed E-state index contributed by atoms with van der Waals surface area (Å²) in [7, 11) is -3.92. The number of benzene rings is 3. The van der Waals surface area contributed by atoms with Crippen LogP contribution in [0.25, 0.3) is 5.57 Å². The van der Waals surface area contributed by atoms with Gasteiger partial charge in [-0.15, -0.1) is 9.19 Å². The van der Waals surface area contributed by atoms with Crippen molar-refractivity contribution in [3.63, 3.8) is 0 Å². The Kier molecular flexibility index (Phi) is 7.07. The van der Waals surface area contributed by atoms with Crippen LogP contribution in [0.2, 0.25) is 0 Å². The van der Waals surface area contributed by atoms with Crippen molar-refractivity contribution >= 4 is 15.6 Å². The number of nitrogens with zero attached hydrogens (tertiary/aromatic N) is 4. The van der Waals surface area contributed by atoms with Gasteiger partial charge in [0.25, 0.3) is 10.0 Å². The summed E-state index contributed by atoms with van der Waals surface area (Å²) in [6, 6.07) is 17.2. The van der Waals surface area contributed by atoms with E-state index in [0.29, 0.717) is 30.2 Å². The van der Waals surface area contributed by atoms with Gasteiger partial charge in [-0.05, 0) is 65.9 Å². The molecular weight excluding hydrogens is 538 g/mol. The average molecular weight is 565 g/mol. The molecule has 1 fully saturated rings. The number of ether oxygens (including phenoxy) is 2.